The van der Waals surface area contributed by atoms with Crippen LogP contribution in [0.15, 0.2) is 12.1 Å². The van der Waals surface area contributed by atoms with Crippen LogP contribution in [0, 0.1) is 18.8 Å². The number of halogens is 4. The van der Waals surface area contributed by atoms with Gasteiger partial charge in [-0.05, 0) is 0 Å². The topological polar surface area (TPSA) is 51.6 Å². The molecule has 10 heteroatoms. The molecule has 2 heterocycles. The summed E-state index contributed by atoms with van der Waals surface area (Å²) in [6.07, 6.45) is 20.7. The molecule has 0 aliphatic heterocycles. The van der Waals surface area contributed by atoms with E-state index < -0.39 is 10.8 Å². The third-order valence-corrected chi connectivity index (χ3v) is 16.5. The van der Waals surface area contributed by atoms with Crippen LogP contribution < -0.4 is 0 Å². The predicted molar refractivity (Wildman–Crippen MR) is 239 cm³/mol. The van der Waals surface area contributed by atoms with Gasteiger partial charge >= 0.3 is 364 Å². The number of nitrogens with zero attached hydrogens (tertiary/aromatic N) is 4. The third kappa shape index (κ3) is 7.06. The summed E-state index contributed by atoms with van der Waals surface area (Å²) in [5, 5.41) is 0. The SMILES string of the molecule is CCCCCCC1(CCCCCC)c2cc(I)c3n[se]nc3c2-c2c(F)c3c(c(F)c21)-c1c(cc(I)c2n[se]nc12)C3(CCCCCC)CCCCCC. The zero-order valence-electron chi connectivity index (χ0n) is 32.4. The third-order valence-electron chi connectivity index (χ3n) is 12.7. The van der Waals surface area contributed by atoms with Crippen LogP contribution in [0.2, 0.25) is 0 Å². The number of fused-ring (bicyclic) bond motifs is 10. The molecule has 2 aromatic heterocycles. The van der Waals surface area contributed by atoms with Gasteiger partial charge in [-0.15, -0.1) is 0 Å². The summed E-state index contributed by atoms with van der Waals surface area (Å²) in [5.41, 5.74) is 8.21. The quantitative estimate of drug-likeness (QED) is 0.0443. The first kappa shape index (κ1) is 41.4. The van der Waals surface area contributed by atoms with Gasteiger partial charge in [-0.1, -0.05) is 0 Å². The van der Waals surface area contributed by atoms with Crippen molar-refractivity contribution in [3.8, 4) is 22.3 Å². The van der Waals surface area contributed by atoms with Gasteiger partial charge in [0, 0.05) is 0 Å². The molecule has 0 unspecified atom stereocenters. The van der Waals surface area contributed by atoms with Crippen molar-refractivity contribution in [1.82, 2.24) is 15.9 Å². The summed E-state index contributed by atoms with van der Waals surface area (Å²) < 4.78 is 59.7. The van der Waals surface area contributed by atoms with Crippen LogP contribution in [0.1, 0.15) is 178 Å². The van der Waals surface area contributed by atoms with Crippen LogP contribution in [0.25, 0.3) is 44.3 Å². The van der Waals surface area contributed by atoms with E-state index in [1.165, 1.54) is 0 Å². The first-order valence-corrected chi connectivity index (χ1v) is 26.0. The molecule has 4 nitrogen and oxygen atoms in total. The zero-order valence-corrected chi connectivity index (χ0v) is 40.2. The van der Waals surface area contributed by atoms with Gasteiger partial charge in [0.1, 0.15) is 0 Å². The molecule has 290 valence electrons. The molecule has 2 aliphatic rings. The van der Waals surface area contributed by atoms with Crippen LogP contribution in [-0.4, -0.2) is 45.8 Å². The van der Waals surface area contributed by atoms with E-state index in [4.69, 9.17) is 15.9 Å². The molecule has 0 radical (unpaired) electrons. The minimum absolute atomic E-state index is 0.198. The molecule has 0 atom stereocenters. The minimum atomic E-state index is -0.627. The van der Waals surface area contributed by atoms with Crippen LogP contribution >= 0.6 is 45.2 Å². The Bertz CT molecular complexity index is 1950. The molecule has 54 heavy (non-hydrogen) atoms. The van der Waals surface area contributed by atoms with Crippen LogP contribution in [0.3, 0.4) is 0 Å². The molecule has 3 aromatic carbocycles. The van der Waals surface area contributed by atoms with Crippen molar-refractivity contribution in [3.05, 3.63) is 53.2 Å². The second-order valence-electron chi connectivity index (χ2n) is 16.0. The maximum atomic E-state index is 18.9. The molecular weight excluding hydrogens is 1030 g/mol. The van der Waals surface area contributed by atoms with Crippen molar-refractivity contribution in [2.75, 3.05) is 0 Å². The maximum absolute atomic E-state index is 18.9. The van der Waals surface area contributed by atoms with Gasteiger partial charge < -0.3 is 0 Å². The fourth-order valence-electron chi connectivity index (χ4n) is 10.1. The number of hydrogen-bond donors (Lipinski definition) is 0. The molecule has 0 spiro atoms. The van der Waals surface area contributed by atoms with Gasteiger partial charge in [-0.2, -0.15) is 0 Å². The summed E-state index contributed by atoms with van der Waals surface area (Å²) in [6, 6.07) is 4.51. The molecule has 0 bridgehead atoms. The molecule has 2 aliphatic carbocycles. The number of unbranched alkanes of at least 4 members (excludes halogenated alkanes) is 12. The molecule has 0 amide bonds. The van der Waals surface area contributed by atoms with Crippen molar-refractivity contribution in [1.29, 1.82) is 0 Å². The van der Waals surface area contributed by atoms with Crippen molar-refractivity contribution in [2.45, 2.75) is 167 Å². The standard InChI is InChI=1S/C44H54F2I2N4Se2/c1-5-9-13-17-21-43(22-18-14-10-6-2)27-25-29(47)39-41(51-53-49-39)31(27)33-35(43)37(45)34-32-28(26-30(48)40-42(32)52-54-50-40)44(36(34)38(33)46,23-19-15-11-7-3)24-20-16-12-8-4/h25-26H,5-24H2,1-4H3. The Balaban J connectivity index is 1.58. The monoisotopic (exact) mass is 1090 g/mol. The van der Waals surface area contributed by atoms with E-state index in [1.54, 1.807) is 0 Å². The first-order chi connectivity index (χ1) is 26.3. The van der Waals surface area contributed by atoms with E-state index in [9.17, 15) is 0 Å². The Morgan fingerprint density at radius 3 is 1.09 bits per heavy atom. The Hall–Kier alpha value is -0.781. The first-order valence-electron chi connectivity index (χ1n) is 20.8. The average molecular weight is 1090 g/mol. The van der Waals surface area contributed by atoms with Gasteiger partial charge in [-0.3, -0.25) is 0 Å². The Kier molecular flexibility index (Phi) is 13.8. The second kappa shape index (κ2) is 18.0. The summed E-state index contributed by atoms with van der Waals surface area (Å²) in [5.74, 6) is -0.396. The van der Waals surface area contributed by atoms with E-state index in [2.05, 4.69) is 85.0 Å². The molecule has 0 saturated heterocycles. The van der Waals surface area contributed by atoms with Crippen LogP contribution in [0.5, 0.6) is 0 Å². The molecule has 0 saturated carbocycles. The van der Waals surface area contributed by atoms with Gasteiger partial charge in [0.15, 0.2) is 0 Å². The zero-order chi connectivity index (χ0) is 38.0. The molecule has 0 fully saturated rings. The van der Waals surface area contributed by atoms with Gasteiger partial charge in [0.25, 0.3) is 0 Å². The molecule has 7 rings (SSSR count). The second-order valence-corrected chi connectivity index (χ2v) is 20.6. The van der Waals surface area contributed by atoms with E-state index in [-0.39, 0.29) is 41.6 Å². The summed E-state index contributed by atoms with van der Waals surface area (Å²) >= 11 is 4.23. The number of rotatable bonds is 20. The van der Waals surface area contributed by atoms with E-state index in [1.807, 2.05) is 0 Å². The van der Waals surface area contributed by atoms with Crippen LogP contribution in [0.4, 0.5) is 8.78 Å². The predicted octanol–water partition coefficient (Wildman–Crippen LogP) is 13.6. The van der Waals surface area contributed by atoms with Gasteiger partial charge in [-0.25, -0.2) is 0 Å². The average Bonchev–Trinajstić information content (AvgIpc) is 3.96. The number of benzene rings is 3. The summed E-state index contributed by atoms with van der Waals surface area (Å²) in [7, 11) is 0. The Morgan fingerprint density at radius 1 is 0.463 bits per heavy atom. The molecule has 0 N–H and O–H groups in total. The Labute approximate surface area is 361 Å². The van der Waals surface area contributed by atoms with E-state index in [0.717, 1.165) is 180 Å². The van der Waals surface area contributed by atoms with Gasteiger partial charge in [0.05, 0.1) is 0 Å². The summed E-state index contributed by atoms with van der Waals surface area (Å²) in [6.45, 7) is 8.96. The summed E-state index contributed by atoms with van der Waals surface area (Å²) in [4.78, 5) is 0. The van der Waals surface area contributed by atoms with E-state index in [0.29, 0.717) is 22.3 Å². The molecular formula is C44H54F2I2N4Se2. The van der Waals surface area contributed by atoms with Crippen LogP contribution in [-0.2, 0) is 10.8 Å². The number of hydrogen-bond acceptors (Lipinski definition) is 4. The molecule has 5 aromatic rings. The number of aromatic nitrogens is 4. The van der Waals surface area contributed by atoms with Crippen molar-refractivity contribution < 1.29 is 8.78 Å². The van der Waals surface area contributed by atoms with Crippen molar-refractivity contribution in [3.63, 3.8) is 0 Å². The fourth-order valence-corrected chi connectivity index (χ4v) is 14.6. The van der Waals surface area contributed by atoms with E-state index >= 15 is 8.78 Å². The Morgan fingerprint density at radius 2 is 0.778 bits per heavy atom. The van der Waals surface area contributed by atoms with Crippen molar-refractivity contribution >= 4 is 97.2 Å². The fraction of sp³-hybridized carbons (Fsp3) is 0.591. The van der Waals surface area contributed by atoms with Crippen molar-refractivity contribution in [2.24, 2.45) is 0 Å². The normalized spacial score (nSPS) is 15.0. The van der Waals surface area contributed by atoms with Gasteiger partial charge in [0.2, 0.25) is 0 Å².